The molecule has 1 amide bonds. The average Bonchev–Trinajstić information content (AvgIpc) is 2.36. The third-order valence-electron chi connectivity index (χ3n) is 2.10. The maximum Gasteiger partial charge on any atom is 0.261 e. The van der Waals surface area contributed by atoms with Crippen LogP contribution in [-0.2, 0) is 9.53 Å². The zero-order valence-electron chi connectivity index (χ0n) is 10.2. The summed E-state index contributed by atoms with van der Waals surface area (Å²) in [5, 5.41) is 5.08. The number of alkyl halides is 2. The lowest BCUT2D eigenvalue weighted by Crippen LogP contribution is -2.31. The number of para-hydroxylation sites is 1. The van der Waals surface area contributed by atoms with Crippen LogP contribution in [0, 0.1) is 5.82 Å². The van der Waals surface area contributed by atoms with Gasteiger partial charge >= 0.3 is 0 Å². The minimum atomic E-state index is -2.50. The Labute approximate surface area is 108 Å². The summed E-state index contributed by atoms with van der Waals surface area (Å²) in [5.74, 6) is -0.935. The smallest absolute Gasteiger partial charge is 0.261 e. The quantitative estimate of drug-likeness (QED) is 0.710. The Morgan fingerprint density at radius 2 is 2.05 bits per heavy atom. The van der Waals surface area contributed by atoms with Crippen molar-refractivity contribution in [3.8, 4) is 0 Å². The lowest BCUT2D eigenvalue weighted by Gasteiger charge is -2.07. The molecule has 0 fully saturated rings. The number of hydrogen-bond acceptors (Lipinski definition) is 3. The molecule has 0 aliphatic rings. The summed E-state index contributed by atoms with van der Waals surface area (Å²) in [5.41, 5.74) is 0.100. The van der Waals surface area contributed by atoms with E-state index >= 15 is 0 Å². The fourth-order valence-corrected chi connectivity index (χ4v) is 1.28. The van der Waals surface area contributed by atoms with E-state index in [-0.39, 0.29) is 25.4 Å². The number of carbonyl (C=O) groups excluding carboxylic acids is 1. The van der Waals surface area contributed by atoms with Gasteiger partial charge in [-0.2, -0.15) is 0 Å². The number of benzene rings is 1. The highest BCUT2D eigenvalue weighted by Gasteiger charge is 2.05. The van der Waals surface area contributed by atoms with Crippen LogP contribution in [0.2, 0.25) is 0 Å². The first-order chi connectivity index (χ1) is 9.09. The predicted octanol–water partition coefficient (Wildman–Crippen LogP) is 1.64. The number of carbonyl (C=O) groups is 1. The summed E-state index contributed by atoms with van der Waals surface area (Å²) in [6, 6.07) is 5.80. The first-order valence-corrected chi connectivity index (χ1v) is 5.70. The van der Waals surface area contributed by atoms with Crippen LogP contribution in [0.3, 0.4) is 0 Å². The fraction of sp³-hybridized carbons (Fsp3) is 0.417. The van der Waals surface area contributed by atoms with Crippen molar-refractivity contribution in [2.24, 2.45) is 0 Å². The molecule has 0 bridgehead atoms. The lowest BCUT2D eigenvalue weighted by atomic mass is 10.3. The van der Waals surface area contributed by atoms with E-state index in [0.29, 0.717) is 0 Å². The van der Waals surface area contributed by atoms with Crippen molar-refractivity contribution in [2.75, 3.05) is 31.6 Å². The van der Waals surface area contributed by atoms with Crippen molar-refractivity contribution in [2.45, 2.75) is 6.43 Å². The highest BCUT2D eigenvalue weighted by Crippen LogP contribution is 2.11. The Morgan fingerprint density at radius 1 is 1.32 bits per heavy atom. The van der Waals surface area contributed by atoms with Crippen molar-refractivity contribution in [1.29, 1.82) is 0 Å². The molecule has 0 spiro atoms. The van der Waals surface area contributed by atoms with Gasteiger partial charge in [-0.25, -0.2) is 13.2 Å². The van der Waals surface area contributed by atoms with E-state index in [4.69, 9.17) is 0 Å². The van der Waals surface area contributed by atoms with Gasteiger partial charge in [0.05, 0.1) is 18.8 Å². The molecule has 0 aliphatic heterocycles. The van der Waals surface area contributed by atoms with Crippen LogP contribution < -0.4 is 10.6 Å². The van der Waals surface area contributed by atoms with Gasteiger partial charge in [-0.05, 0) is 12.1 Å². The van der Waals surface area contributed by atoms with Gasteiger partial charge in [0.15, 0.2) is 0 Å². The molecule has 1 aromatic rings. The highest BCUT2D eigenvalue weighted by molar-refractivity contribution is 5.92. The van der Waals surface area contributed by atoms with E-state index in [1.54, 1.807) is 6.07 Å². The van der Waals surface area contributed by atoms with Crippen molar-refractivity contribution in [1.82, 2.24) is 5.32 Å². The lowest BCUT2D eigenvalue weighted by molar-refractivity contribution is -0.115. The van der Waals surface area contributed by atoms with Crippen LogP contribution in [0.5, 0.6) is 0 Å². The second-order valence-electron chi connectivity index (χ2n) is 3.67. The molecule has 2 N–H and O–H groups in total. The summed E-state index contributed by atoms with van der Waals surface area (Å²) < 4.78 is 41.2. The third-order valence-corrected chi connectivity index (χ3v) is 2.10. The molecule has 4 nitrogen and oxygen atoms in total. The highest BCUT2D eigenvalue weighted by atomic mass is 19.3. The number of rotatable bonds is 8. The monoisotopic (exact) mass is 276 g/mol. The van der Waals surface area contributed by atoms with Crippen molar-refractivity contribution < 1.29 is 22.7 Å². The van der Waals surface area contributed by atoms with Gasteiger partial charge in [-0.3, -0.25) is 4.79 Å². The largest absolute Gasteiger partial charge is 0.374 e. The van der Waals surface area contributed by atoms with Gasteiger partial charge in [0.1, 0.15) is 12.4 Å². The van der Waals surface area contributed by atoms with Crippen molar-refractivity contribution in [3.05, 3.63) is 30.1 Å². The molecule has 0 aliphatic carbocycles. The Balaban J connectivity index is 2.13. The van der Waals surface area contributed by atoms with Gasteiger partial charge in [-0.15, -0.1) is 0 Å². The molecule has 0 unspecified atom stereocenters. The minimum Gasteiger partial charge on any atom is -0.374 e. The molecule has 0 aromatic heterocycles. The van der Waals surface area contributed by atoms with E-state index in [9.17, 15) is 18.0 Å². The molecule has 0 atom stereocenters. The normalized spacial score (nSPS) is 10.7. The van der Waals surface area contributed by atoms with Gasteiger partial charge in [0, 0.05) is 6.54 Å². The van der Waals surface area contributed by atoms with Crippen LogP contribution in [0.4, 0.5) is 18.9 Å². The Bertz CT molecular complexity index is 402. The van der Waals surface area contributed by atoms with Gasteiger partial charge in [0.2, 0.25) is 5.91 Å². The van der Waals surface area contributed by atoms with Gasteiger partial charge in [0.25, 0.3) is 6.43 Å². The molecule has 0 saturated carbocycles. The number of hydrogen-bond donors (Lipinski definition) is 2. The zero-order chi connectivity index (χ0) is 14.1. The Kier molecular flexibility index (Phi) is 6.91. The molecule has 0 radical (unpaired) electrons. The van der Waals surface area contributed by atoms with Crippen molar-refractivity contribution in [3.63, 3.8) is 0 Å². The van der Waals surface area contributed by atoms with Crippen LogP contribution >= 0.6 is 0 Å². The van der Waals surface area contributed by atoms with E-state index < -0.39 is 24.8 Å². The van der Waals surface area contributed by atoms with Gasteiger partial charge < -0.3 is 15.4 Å². The Morgan fingerprint density at radius 3 is 2.74 bits per heavy atom. The molecule has 0 heterocycles. The standard InChI is InChI=1S/C12H15F3N2O2/c13-9-3-1-2-4-10(9)17-12(18)7-16-5-6-19-8-11(14)15/h1-4,11,16H,5-8H2,(H,17,18). The predicted molar refractivity (Wildman–Crippen MR) is 64.7 cm³/mol. The molecule has 1 aromatic carbocycles. The molecular formula is C12H15F3N2O2. The number of halogens is 3. The van der Waals surface area contributed by atoms with E-state index in [1.165, 1.54) is 18.2 Å². The number of ether oxygens (including phenoxy) is 1. The molecular weight excluding hydrogens is 261 g/mol. The molecule has 106 valence electrons. The van der Waals surface area contributed by atoms with E-state index in [2.05, 4.69) is 15.4 Å². The van der Waals surface area contributed by atoms with E-state index in [0.717, 1.165) is 0 Å². The summed E-state index contributed by atoms with van der Waals surface area (Å²) >= 11 is 0. The number of nitrogens with one attached hydrogen (secondary N) is 2. The molecule has 19 heavy (non-hydrogen) atoms. The second kappa shape index (κ2) is 8.49. The summed E-state index contributed by atoms with van der Waals surface area (Å²) in [6.45, 7) is -0.329. The average molecular weight is 276 g/mol. The maximum atomic E-state index is 13.2. The zero-order valence-corrected chi connectivity index (χ0v) is 10.2. The van der Waals surface area contributed by atoms with Crippen LogP contribution in [-0.4, -0.2) is 38.6 Å². The third kappa shape index (κ3) is 6.78. The minimum absolute atomic E-state index is 0.0492. The molecule has 1 rings (SSSR count). The van der Waals surface area contributed by atoms with Gasteiger partial charge in [-0.1, -0.05) is 12.1 Å². The summed E-state index contributed by atoms with van der Waals surface area (Å²) in [6.07, 6.45) is -2.50. The Hall–Kier alpha value is -1.60. The molecule has 7 heteroatoms. The van der Waals surface area contributed by atoms with Crippen LogP contribution in [0.1, 0.15) is 0 Å². The topological polar surface area (TPSA) is 50.4 Å². The first-order valence-electron chi connectivity index (χ1n) is 5.70. The van der Waals surface area contributed by atoms with E-state index in [1.807, 2.05) is 0 Å². The maximum absolute atomic E-state index is 13.2. The fourth-order valence-electron chi connectivity index (χ4n) is 1.28. The van der Waals surface area contributed by atoms with Crippen LogP contribution in [0.15, 0.2) is 24.3 Å². The summed E-state index contributed by atoms with van der Waals surface area (Å²) in [4.78, 5) is 11.4. The number of amides is 1. The number of anilines is 1. The summed E-state index contributed by atoms with van der Waals surface area (Å²) in [7, 11) is 0. The molecule has 0 saturated heterocycles. The second-order valence-corrected chi connectivity index (χ2v) is 3.67. The van der Waals surface area contributed by atoms with Crippen LogP contribution in [0.25, 0.3) is 0 Å². The first kappa shape index (κ1) is 15.5. The van der Waals surface area contributed by atoms with Crippen molar-refractivity contribution >= 4 is 11.6 Å². The SMILES string of the molecule is O=C(CNCCOCC(F)F)Nc1ccccc1F.